The van der Waals surface area contributed by atoms with Crippen LogP contribution in [0.3, 0.4) is 0 Å². The van der Waals surface area contributed by atoms with Crippen molar-refractivity contribution in [3.63, 3.8) is 0 Å². The van der Waals surface area contributed by atoms with Gasteiger partial charge in [-0.25, -0.2) is 0 Å². The Morgan fingerprint density at radius 1 is 0.662 bits per heavy atom. The Morgan fingerprint density at radius 2 is 1.01 bits per heavy atom. The highest BCUT2D eigenvalue weighted by Gasteiger charge is 2.38. The molecule has 3 N–H and O–H groups in total. The van der Waals surface area contributed by atoms with E-state index in [0.717, 1.165) is 48.6 Å². The quantitative estimate of drug-likeness (QED) is 0.0293. The second-order valence-electron chi connectivity index (χ2n) is 17.8. The van der Waals surface area contributed by atoms with Crippen molar-refractivity contribution >= 4 is 95.2 Å². The van der Waals surface area contributed by atoms with Crippen LogP contribution < -0.4 is 20.1 Å². The summed E-state index contributed by atoms with van der Waals surface area (Å²) in [6, 6.07) is 36.5. The fraction of sp³-hybridized carbons (Fsp3) is 0.440. The van der Waals surface area contributed by atoms with Crippen LogP contribution in [0.1, 0.15) is 59.6 Å². The van der Waals surface area contributed by atoms with Crippen molar-refractivity contribution in [1.82, 2.24) is 0 Å². The zero-order chi connectivity index (χ0) is 51.1. The van der Waals surface area contributed by atoms with Gasteiger partial charge in [0.2, 0.25) is 0 Å². The molecule has 4 rings (SSSR count). The third kappa shape index (κ3) is 29.3. The van der Waals surface area contributed by atoms with E-state index in [-0.39, 0.29) is 43.6 Å². The van der Waals surface area contributed by atoms with E-state index in [1.54, 1.807) is 14.2 Å². The zero-order valence-corrected chi connectivity index (χ0v) is 53.2. The minimum Gasteiger partial charge on any atom is -0.497 e. The van der Waals surface area contributed by atoms with E-state index in [0.29, 0.717) is 32.3 Å². The van der Waals surface area contributed by atoms with Gasteiger partial charge in [-0.05, 0) is 106 Å². The van der Waals surface area contributed by atoms with Gasteiger partial charge in [0.25, 0.3) is 0 Å². The molecule has 8 nitrogen and oxygen atoms in total. The van der Waals surface area contributed by atoms with Gasteiger partial charge >= 0.3 is 0 Å². The Kier molecular flexibility index (Phi) is 35.9. The van der Waals surface area contributed by atoms with Crippen LogP contribution in [0, 0.1) is 11.8 Å². The molecule has 0 radical (unpaired) electrons. The van der Waals surface area contributed by atoms with Gasteiger partial charge in [0.15, 0.2) is 8.32 Å². The molecule has 0 heterocycles. The van der Waals surface area contributed by atoms with Gasteiger partial charge in [0, 0.05) is 36.4 Å². The molecule has 4 aromatic carbocycles. The van der Waals surface area contributed by atoms with E-state index in [4.69, 9.17) is 23.4 Å². The third-order valence-corrected chi connectivity index (χ3v) is 27.6. The van der Waals surface area contributed by atoms with Gasteiger partial charge in [0.1, 0.15) is 11.5 Å². The summed E-state index contributed by atoms with van der Waals surface area (Å²) in [6.07, 6.45) is 4.27. The largest absolute Gasteiger partial charge is 0.497 e. The first-order valence-corrected chi connectivity index (χ1v) is 39.9. The molecule has 380 valence electrons. The van der Waals surface area contributed by atoms with Gasteiger partial charge in [0.05, 0.1) is 52.7 Å². The van der Waals surface area contributed by atoms with E-state index in [1.807, 2.05) is 79.7 Å². The molecule has 7 unspecified atom stereocenters. The fourth-order valence-corrected chi connectivity index (χ4v) is 7.15. The third-order valence-electron chi connectivity index (χ3n) is 11.2. The first-order valence-electron chi connectivity index (χ1n) is 22.6. The van der Waals surface area contributed by atoms with Gasteiger partial charge in [-0.3, -0.25) is 0 Å². The van der Waals surface area contributed by atoms with E-state index in [9.17, 15) is 5.11 Å². The number of hydrogen-bond acceptors (Lipinski definition) is 8. The van der Waals surface area contributed by atoms with E-state index >= 15 is 0 Å². The second-order valence-corrected chi connectivity index (χ2v) is 48.2. The van der Waals surface area contributed by atoms with Crippen LogP contribution in [-0.2, 0) is 27.1 Å². The highest BCUT2D eigenvalue weighted by Crippen LogP contribution is 2.71. The smallest absolute Gasteiger partial charge is 0.191 e. The van der Waals surface area contributed by atoms with Crippen molar-refractivity contribution in [3.05, 3.63) is 144 Å². The molecule has 0 spiro atoms. The molecular formula is C50H85N2O6P9Si. The second kappa shape index (κ2) is 37.3. The molecule has 0 aliphatic rings. The van der Waals surface area contributed by atoms with E-state index in [2.05, 4.69) is 167 Å². The van der Waals surface area contributed by atoms with Gasteiger partial charge in [-0.1, -0.05) is 127 Å². The normalized spacial score (nSPS) is 13.8. The van der Waals surface area contributed by atoms with Crippen molar-refractivity contribution in [2.24, 2.45) is 11.8 Å². The Bertz CT molecular complexity index is 1940. The molecule has 0 saturated heterocycles. The Labute approximate surface area is 431 Å². The van der Waals surface area contributed by atoms with Crippen LogP contribution >= 0.6 is 75.5 Å². The highest BCUT2D eigenvalue weighted by atomic mass is 32.8. The number of rotatable bonds is 23. The van der Waals surface area contributed by atoms with Gasteiger partial charge in [-0.2, -0.15) is 0 Å². The summed E-state index contributed by atoms with van der Waals surface area (Å²) >= 11 is 0. The summed E-state index contributed by atoms with van der Waals surface area (Å²) in [4.78, 5) is 0. The molecule has 68 heavy (non-hydrogen) atoms. The van der Waals surface area contributed by atoms with Crippen LogP contribution in [0.5, 0.6) is 11.5 Å². The average Bonchev–Trinajstić information content (AvgIpc) is 3.32. The minimum absolute atomic E-state index is 0.0359. The minimum atomic E-state index is -1.81. The lowest BCUT2D eigenvalue weighted by Gasteiger charge is -2.38. The molecule has 0 saturated carbocycles. The fourth-order valence-electron chi connectivity index (χ4n) is 6.04. The predicted molar refractivity (Wildman–Crippen MR) is 329 cm³/mol. The number of nitrogens with one attached hydrogen (secondary N) is 2. The monoisotopic (exact) mass is 1120 g/mol. The van der Waals surface area contributed by atoms with Crippen molar-refractivity contribution < 1.29 is 28.5 Å². The average molecular weight is 1120 g/mol. The molecule has 0 aliphatic heterocycles. The van der Waals surface area contributed by atoms with Gasteiger partial charge in [-0.15, -0.1) is 53.6 Å². The summed E-state index contributed by atoms with van der Waals surface area (Å²) < 4.78 is 28.7. The molecule has 0 amide bonds. The predicted octanol–water partition coefficient (Wildman–Crippen LogP) is 15.8. The maximum Gasteiger partial charge on any atom is 0.191 e. The first-order chi connectivity index (χ1) is 32.2. The number of aliphatic hydroxyl groups is 1. The van der Waals surface area contributed by atoms with Crippen LogP contribution in [0.2, 0.25) is 18.1 Å². The lowest BCUT2D eigenvalue weighted by atomic mass is 9.95. The molecule has 0 aromatic heterocycles. The van der Waals surface area contributed by atoms with Crippen molar-refractivity contribution in [1.29, 1.82) is 0 Å². The summed E-state index contributed by atoms with van der Waals surface area (Å²) in [5, 5.41) is 17.0. The molecule has 0 bridgehead atoms. The maximum absolute atomic E-state index is 9.62. The lowest BCUT2D eigenvalue weighted by Crippen LogP contribution is -2.43. The Morgan fingerprint density at radius 3 is 1.32 bits per heavy atom. The number of aliphatic hydroxyl groups excluding tert-OH is 1. The summed E-state index contributed by atoms with van der Waals surface area (Å²) in [6.45, 7) is 23.5. The molecule has 4 aromatic rings. The molecule has 0 aliphatic carbocycles. The molecule has 11 atom stereocenters. The first kappa shape index (κ1) is 65.5. The Balaban J connectivity index is 0.000000586. The van der Waals surface area contributed by atoms with Crippen LogP contribution in [0.15, 0.2) is 132 Å². The molecule has 18 heteroatoms. The number of anilines is 2. The lowest BCUT2D eigenvalue weighted by molar-refractivity contribution is 0.147. The summed E-state index contributed by atoms with van der Waals surface area (Å²) in [5.41, 5.74) is 6.82. The molecular weight excluding hydrogens is 1030 g/mol. The SMILES string of the molecule is COc1ccc(N[C@H](/C(C)=C/COCc2ccccc2)[C@@H](C)CO)cc1.COc1ccc(N[C@H](/C(C)=C/COCc2ccccc2)[C@@H](C)CO[Si](C)(C)C(C)(C)C)cc1.PP(P)P.PPP(P)P. The number of hydrogen-bond donors (Lipinski definition) is 3. The molecule has 0 fully saturated rings. The van der Waals surface area contributed by atoms with Crippen LogP contribution in [0.25, 0.3) is 0 Å². The van der Waals surface area contributed by atoms with Crippen molar-refractivity contribution in [2.75, 3.05) is 51.3 Å². The van der Waals surface area contributed by atoms with E-state index in [1.165, 1.54) is 11.1 Å². The maximum atomic E-state index is 9.62. The summed E-state index contributed by atoms with van der Waals surface area (Å²) in [7, 11) is 18.7. The number of benzene rings is 4. The topological polar surface area (TPSA) is 90.4 Å². The standard InChI is InChI=1S/C28H43NO3Si.C22H29NO3.H7P5.H6P4/c1-22(18-19-31-21-24-12-10-9-11-13-24)27(29-25-14-16-26(30-6)17-15-25)23(2)20-32-33(7,8)28(3,4)5;1-17(13-14-26-16-19-7-5-4-6-8-19)22(18(2)15-24)23-20-9-11-21(25-3)12-10-20;1-4-5(2)3;1-4(2)3/h9-18,23,27,29H,19-21H2,1-8H3;4-13,18,22-24H,14-16H2,1-3H3;4H,1-3H2;1-3H2/b22-18+;17-13+;;/t23-,27+;18-,22+;;/m00../s1. The Hall–Kier alpha value is -0.513. The van der Waals surface area contributed by atoms with Crippen molar-refractivity contribution in [2.45, 2.75) is 91.9 Å². The number of methoxy groups -OCH3 is 2. The highest BCUT2D eigenvalue weighted by molar-refractivity contribution is 8.77. The number of ether oxygens (including phenoxy) is 4. The van der Waals surface area contributed by atoms with E-state index < -0.39 is 8.32 Å². The van der Waals surface area contributed by atoms with Crippen LogP contribution in [-0.4, -0.2) is 66.2 Å². The zero-order valence-electron chi connectivity index (χ0n) is 42.4. The van der Waals surface area contributed by atoms with Crippen molar-refractivity contribution in [3.8, 4) is 11.5 Å². The van der Waals surface area contributed by atoms with Crippen LogP contribution in [0.4, 0.5) is 11.4 Å². The summed E-state index contributed by atoms with van der Waals surface area (Å²) in [5.74, 6) is 2.06. The van der Waals surface area contributed by atoms with Gasteiger partial charge < -0.3 is 39.1 Å².